The average Bonchev–Trinajstić information content (AvgIpc) is 2.61. The topological polar surface area (TPSA) is 114 Å². The van der Waals surface area contributed by atoms with Crippen LogP contribution in [-0.4, -0.2) is 42.2 Å². The van der Waals surface area contributed by atoms with Gasteiger partial charge < -0.3 is 21.2 Å². The highest BCUT2D eigenvalue weighted by molar-refractivity contribution is 5.98. The number of aldehydes is 1. The van der Waals surface area contributed by atoms with Crippen LogP contribution in [0.5, 0.6) is 0 Å². The molecule has 2 rings (SSSR count). The summed E-state index contributed by atoms with van der Waals surface area (Å²) in [6, 6.07) is 9.85. The molecule has 0 fully saturated rings. The summed E-state index contributed by atoms with van der Waals surface area (Å²) in [4.78, 5) is 39.4. The molecule has 0 aliphatic heterocycles. The molecule has 2 amide bonds. The number of carbonyl (C=O) groups excluding carboxylic acids is 3. The molecule has 2 aromatic rings. The summed E-state index contributed by atoms with van der Waals surface area (Å²) in [5, 5.41) is 6.11. The van der Waals surface area contributed by atoms with E-state index in [0.29, 0.717) is 31.3 Å². The van der Waals surface area contributed by atoms with Crippen molar-refractivity contribution < 1.29 is 14.4 Å². The van der Waals surface area contributed by atoms with Crippen molar-refractivity contribution in [1.82, 2.24) is 15.6 Å². The van der Waals surface area contributed by atoms with Gasteiger partial charge in [0.2, 0.25) is 5.91 Å². The maximum Gasteiger partial charge on any atom is 0.270 e. The highest BCUT2D eigenvalue weighted by atomic mass is 16.2. The zero-order chi connectivity index (χ0) is 17.4. The van der Waals surface area contributed by atoms with Gasteiger partial charge in [-0.05, 0) is 25.1 Å². The number of amides is 2. The predicted molar refractivity (Wildman–Crippen MR) is 90.4 cm³/mol. The van der Waals surface area contributed by atoms with E-state index in [1.165, 1.54) is 0 Å². The Morgan fingerprint density at radius 1 is 1.21 bits per heavy atom. The van der Waals surface area contributed by atoms with Gasteiger partial charge in [-0.2, -0.15) is 0 Å². The van der Waals surface area contributed by atoms with Crippen molar-refractivity contribution in [3.05, 3.63) is 42.1 Å². The van der Waals surface area contributed by atoms with Gasteiger partial charge in [-0.25, -0.2) is 4.98 Å². The maximum absolute atomic E-state index is 12.3. The van der Waals surface area contributed by atoms with Gasteiger partial charge in [0.05, 0.1) is 5.52 Å². The number of para-hydroxylation sites is 1. The molecule has 0 aliphatic carbocycles. The summed E-state index contributed by atoms with van der Waals surface area (Å²) in [6.07, 6.45) is 1.12. The lowest BCUT2D eigenvalue weighted by Gasteiger charge is -2.16. The molecule has 1 atom stereocenters. The monoisotopic (exact) mass is 328 g/mol. The molecule has 4 N–H and O–H groups in total. The van der Waals surface area contributed by atoms with Crippen LogP contribution in [0.25, 0.3) is 10.9 Å². The number of benzene rings is 1. The highest BCUT2D eigenvalue weighted by Gasteiger charge is 2.21. The normalized spacial score (nSPS) is 11.7. The van der Waals surface area contributed by atoms with Gasteiger partial charge in [-0.3, -0.25) is 9.59 Å². The Labute approximate surface area is 139 Å². The number of pyridine rings is 1. The molecule has 0 unspecified atom stereocenters. The fourth-order valence-corrected chi connectivity index (χ4v) is 2.19. The van der Waals surface area contributed by atoms with Crippen LogP contribution in [0.1, 0.15) is 23.3 Å². The maximum atomic E-state index is 12.3. The first kappa shape index (κ1) is 17.6. The number of nitrogens with two attached hydrogens (primary N) is 1. The van der Waals surface area contributed by atoms with Crippen molar-refractivity contribution in [1.29, 1.82) is 0 Å². The molecule has 0 saturated carbocycles. The number of hydrogen-bond acceptors (Lipinski definition) is 5. The van der Waals surface area contributed by atoms with Crippen LogP contribution in [0.3, 0.4) is 0 Å². The Kier molecular flexibility index (Phi) is 6.39. The Morgan fingerprint density at radius 3 is 2.75 bits per heavy atom. The summed E-state index contributed by atoms with van der Waals surface area (Å²) in [5.74, 6) is -0.911. The van der Waals surface area contributed by atoms with Crippen molar-refractivity contribution in [2.24, 2.45) is 5.73 Å². The number of carbonyl (C=O) groups is 3. The minimum atomic E-state index is -0.930. The Bertz CT molecular complexity index is 733. The van der Waals surface area contributed by atoms with Crippen LogP contribution in [0.2, 0.25) is 0 Å². The van der Waals surface area contributed by atoms with Crippen molar-refractivity contribution in [2.45, 2.75) is 18.9 Å². The van der Waals surface area contributed by atoms with Gasteiger partial charge in [0.25, 0.3) is 5.91 Å². The number of rotatable bonds is 8. The number of nitrogens with one attached hydrogen (secondary N) is 2. The van der Waals surface area contributed by atoms with E-state index in [1.807, 2.05) is 18.2 Å². The quantitative estimate of drug-likeness (QED) is 0.479. The third kappa shape index (κ3) is 4.60. The summed E-state index contributed by atoms with van der Waals surface area (Å²) < 4.78 is 0. The summed E-state index contributed by atoms with van der Waals surface area (Å²) in [6.45, 7) is 0.848. The van der Waals surface area contributed by atoms with E-state index >= 15 is 0 Å². The van der Waals surface area contributed by atoms with Crippen LogP contribution in [0.15, 0.2) is 36.4 Å². The fourth-order valence-electron chi connectivity index (χ4n) is 2.19. The predicted octanol–water partition coefficient (Wildman–Crippen LogP) is 0.387. The second-order valence-corrected chi connectivity index (χ2v) is 5.25. The van der Waals surface area contributed by atoms with E-state index in [4.69, 9.17) is 5.73 Å². The molecule has 0 saturated heterocycles. The largest absolute Gasteiger partial charge is 0.354 e. The van der Waals surface area contributed by atoms with Crippen molar-refractivity contribution in [2.75, 3.05) is 13.1 Å². The Hall–Kier alpha value is -2.80. The molecule has 0 spiro atoms. The lowest BCUT2D eigenvalue weighted by Crippen LogP contribution is -2.47. The molecule has 1 aromatic heterocycles. The Morgan fingerprint density at radius 2 is 2.00 bits per heavy atom. The molecular weight excluding hydrogens is 308 g/mol. The summed E-state index contributed by atoms with van der Waals surface area (Å²) in [7, 11) is 0. The van der Waals surface area contributed by atoms with Gasteiger partial charge in [0.15, 0.2) is 0 Å². The molecule has 24 heavy (non-hydrogen) atoms. The first-order valence-corrected chi connectivity index (χ1v) is 7.73. The minimum Gasteiger partial charge on any atom is -0.354 e. The zero-order valence-electron chi connectivity index (χ0n) is 13.2. The molecule has 0 aliphatic rings. The zero-order valence-corrected chi connectivity index (χ0v) is 13.2. The SMILES string of the molecule is NCCCNC(=O)[C@H](CC=O)NC(=O)c1ccc2ccccc2n1. The van der Waals surface area contributed by atoms with E-state index in [-0.39, 0.29) is 12.1 Å². The lowest BCUT2D eigenvalue weighted by molar-refractivity contribution is -0.124. The van der Waals surface area contributed by atoms with Crippen LogP contribution in [-0.2, 0) is 9.59 Å². The number of aromatic nitrogens is 1. The van der Waals surface area contributed by atoms with Gasteiger partial charge in [0, 0.05) is 18.4 Å². The summed E-state index contributed by atoms with van der Waals surface area (Å²) >= 11 is 0. The lowest BCUT2D eigenvalue weighted by atomic mass is 10.1. The molecular formula is C17H20N4O3. The standard InChI is InChI=1S/C17H20N4O3/c18-9-3-10-19-16(23)15(8-11-22)21-17(24)14-7-6-12-4-1-2-5-13(12)20-14/h1-2,4-7,11,15H,3,8-10,18H2,(H,19,23)(H,21,24)/t15-/m0/s1. The van der Waals surface area contributed by atoms with E-state index < -0.39 is 17.9 Å². The van der Waals surface area contributed by atoms with Gasteiger partial charge in [-0.15, -0.1) is 0 Å². The molecule has 1 aromatic carbocycles. The van der Waals surface area contributed by atoms with E-state index in [2.05, 4.69) is 15.6 Å². The van der Waals surface area contributed by atoms with Gasteiger partial charge >= 0.3 is 0 Å². The van der Waals surface area contributed by atoms with Crippen LogP contribution in [0, 0.1) is 0 Å². The Balaban J connectivity index is 2.07. The van der Waals surface area contributed by atoms with Crippen molar-refractivity contribution in [3.63, 3.8) is 0 Å². The van der Waals surface area contributed by atoms with Gasteiger partial charge in [-0.1, -0.05) is 24.3 Å². The summed E-state index contributed by atoms with van der Waals surface area (Å²) in [5.41, 5.74) is 6.24. The second-order valence-electron chi connectivity index (χ2n) is 5.25. The second kappa shape index (κ2) is 8.73. The molecule has 126 valence electrons. The third-order valence-corrected chi connectivity index (χ3v) is 3.46. The third-order valence-electron chi connectivity index (χ3n) is 3.46. The number of fused-ring (bicyclic) bond motifs is 1. The highest BCUT2D eigenvalue weighted by Crippen LogP contribution is 2.11. The van der Waals surface area contributed by atoms with E-state index in [0.717, 1.165) is 5.39 Å². The molecule has 7 heteroatoms. The number of nitrogens with zero attached hydrogens (tertiary/aromatic N) is 1. The van der Waals surface area contributed by atoms with Crippen LogP contribution < -0.4 is 16.4 Å². The smallest absolute Gasteiger partial charge is 0.270 e. The molecule has 7 nitrogen and oxygen atoms in total. The van der Waals surface area contributed by atoms with E-state index in [9.17, 15) is 14.4 Å². The van der Waals surface area contributed by atoms with Gasteiger partial charge in [0.1, 0.15) is 18.0 Å². The number of hydrogen-bond donors (Lipinski definition) is 3. The van der Waals surface area contributed by atoms with E-state index in [1.54, 1.807) is 18.2 Å². The fraction of sp³-hybridized carbons (Fsp3) is 0.294. The van der Waals surface area contributed by atoms with Crippen LogP contribution >= 0.6 is 0 Å². The molecule has 1 heterocycles. The van der Waals surface area contributed by atoms with Crippen molar-refractivity contribution >= 4 is 29.0 Å². The first-order valence-electron chi connectivity index (χ1n) is 7.73. The minimum absolute atomic E-state index is 0.103. The van der Waals surface area contributed by atoms with Crippen molar-refractivity contribution in [3.8, 4) is 0 Å². The first-order chi connectivity index (χ1) is 11.7. The average molecular weight is 328 g/mol. The molecule has 0 bridgehead atoms. The van der Waals surface area contributed by atoms with Crippen LogP contribution in [0.4, 0.5) is 0 Å². The molecule has 0 radical (unpaired) electrons.